The van der Waals surface area contributed by atoms with Crippen LogP contribution in [0.3, 0.4) is 0 Å². The normalized spacial score (nSPS) is 11.2. The number of furan rings is 1. The molecule has 0 aliphatic heterocycles. The molecule has 0 saturated heterocycles. The largest absolute Gasteiger partial charge is 0.439 e. The lowest BCUT2D eigenvalue weighted by Gasteiger charge is -2.07. The molecule has 0 aliphatic carbocycles. The Hall–Kier alpha value is -3.86. The highest BCUT2D eigenvalue weighted by Crippen LogP contribution is 2.40. The van der Waals surface area contributed by atoms with Gasteiger partial charge in [0.25, 0.3) is 0 Å². The predicted molar refractivity (Wildman–Crippen MR) is 111 cm³/mol. The van der Waals surface area contributed by atoms with Gasteiger partial charge in [0.1, 0.15) is 16.8 Å². The van der Waals surface area contributed by atoms with Crippen LogP contribution in [0.4, 0.5) is 10.3 Å². The van der Waals surface area contributed by atoms with Gasteiger partial charge in [-0.25, -0.2) is 9.18 Å². The minimum atomic E-state index is -0.519. The second-order valence-electron chi connectivity index (χ2n) is 6.75. The zero-order valence-electron chi connectivity index (χ0n) is 15.3. The molecule has 0 unspecified atom stereocenters. The van der Waals surface area contributed by atoms with E-state index in [1.54, 1.807) is 24.3 Å². The highest BCUT2D eigenvalue weighted by atomic mass is 19.1. The SMILES string of the molecule is O=c1oc2ccccc2c2oc(NCc3ccccc3)c(-c3cccc(F)c3)c12. The number of para-hydroxylation sites is 1. The van der Waals surface area contributed by atoms with Crippen LogP contribution < -0.4 is 10.9 Å². The van der Waals surface area contributed by atoms with Crippen molar-refractivity contribution in [2.75, 3.05) is 5.32 Å². The fourth-order valence-corrected chi connectivity index (χ4v) is 3.53. The van der Waals surface area contributed by atoms with Gasteiger partial charge in [-0.05, 0) is 35.4 Å². The molecule has 0 fully saturated rings. The van der Waals surface area contributed by atoms with E-state index in [4.69, 9.17) is 8.83 Å². The molecule has 0 saturated carbocycles. The number of anilines is 1. The number of halogens is 1. The monoisotopic (exact) mass is 385 g/mol. The lowest BCUT2D eigenvalue weighted by atomic mass is 10.0. The summed E-state index contributed by atoms with van der Waals surface area (Å²) in [5.41, 5.74) is 2.44. The molecule has 0 atom stereocenters. The topological polar surface area (TPSA) is 55.4 Å². The van der Waals surface area contributed by atoms with E-state index in [2.05, 4.69) is 5.32 Å². The number of fused-ring (bicyclic) bond motifs is 3. The van der Waals surface area contributed by atoms with Crippen molar-refractivity contribution in [3.8, 4) is 11.1 Å². The minimum Gasteiger partial charge on any atom is -0.439 e. The van der Waals surface area contributed by atoms with Crippen LogP contribution in [-0.4, -0.2) is 0 Å². The third-order valence-corrected chi connectivity index (χ3v) is 4.86. The summed E-state index contributed by atoms with van der Waals surface area (Å²) < 4.78 is 25.6. The van der Waals surface area contributed by atoms with E-state index < -0.39 is 11.4 Å². The van der Waals surface area contributed by atoms with Crippen LogP contribution in [0.15, 0.2) is 92.5 Å². The molecule has 4 nitrogen and oxygen atoms in total. The summed E-state index contributed by atoms with van der Waals surface area (Å²) in [6.07, 6.45) is 0. The van der Waals surface area contributed by atoms with Crippen LogP contribution in [0.25, 0.3) is 33.1 Å². The fourth-order valence-electron chi connectivity index (χ4n) is 3.53. The predicted octanol–water partition coefficient (Wildman–Crippen LogP) is 5.96. The van der Waals surface area contributed by atoms with Crippen LogP contribution in [-0.2, 0) is 6.54 Å². The molecule has 0 radical (unpaired) electrons. The van der Waals surface area contributed by atoms with Crippen molar-refractivity contribution in [1.82, 2.24) is 0 Å². The van der Waals surface area contributed by atoms with Gasteiger partial charge in [0.05, 0.1) is 10.9 Å². The maximum atomic E-state index is 13.9. The van der Waals surface area contributed by atoms with Crippen LogP contribution in [0, 0.1) is 5.82 Å². The summed E-state index contributed by atoms with van der Waals surface area (Å²) in [6, 6.07) is 23.1. The Morgan fingerprint density at radius 2 is 1.66 bits per heavy atom. The van der Waals surface area contributed by atoms with Crippen LogP contribution >= 0.6 is 0 Å². The van der Waals surface area contributed by atoms with Gasteiger partial charge in [-0.15, -0.1) is 0 Å². The van der Waals surface area contributed by atoms with Crippen LogP contribution in [0.2, 0.25) is 0 Å². The van der Waals surface area contributed by atoms with Gasteiger partial charge >= 0.3 is 5.63 Å². The smallest absolute Gasteiger partial charge is 0.348 e. The molecule has 29 heavy (non-hydrogen) atoms. The molecule has 2 aromatic heterocycles. The average molecular weight is 385 g/mol. The Balaban J connectivity index is 1.76. The van der Waals surface area contributed by atoms with Crippen molar-refractivity contribution < 1.29 is 13.2 Å². The first-order valence-electron chi connectivity index (χ1n) is 9.23. The van der Waals surface area contributed by atoms with Gasteiger partial charge in [-0.3, -0.25) is 0 Å². The van der Waals surface area contributed by atoms with Gasteiger partial charge < -0.3 is 14.2 Å². The maximum absolute atomic E-state index is 13.9. The number of benzene rings is 3. The van der Waals surface area contributed by atoms with E-state index in [9.17, 15) is 9.18 Å². The molecule has 0 bridgehead atoms. The van der Waals surface area contributed by atoms with E-state index in [1.807, 2.05) is 42.5 Å². The van der Waals surface area contributed by atoms with Gasteiger partial charge in [-0.1, -0.05) is 54.6 Å². The van der Waals surface area contributed by atoms with E-state index in [0.717, 1.165) is 5.56 Å². The van der Waals surface area contributed by atoms with Crippen molar-refractivity contribution in [3.63, 3.8) is 0 Å². The number of nitrogens with one attached hydrogen (secondary N) is 1. The summed E-state index contributed by atoms with van der Waals surface area (Å²) in [7, 11) is 0. The zero-order valence-corrected chi connectivity index (χ0v) is 15.3. The summed E-state index contributed by atoms with van der Waals surface area (Å²) in [5.74, 6) is 0.00847. The summed E-state index contributed by atoms with van der Waals surface area (Å²) in [6.45, 7) is 0.492. The first-order valence-corrected chi connectivity index (χ1v) is 9.23. The van der Waals surface area contributed by atoms with Gasteiger partial charge in [0.15, 0.2) is 5.58 Å². The second kappa shape index (κ2) is 6.95. The third kappa shape index (κ3) is 3.06. The molecule has 2 heterocycles. The van der Waals surface area contributed by atoms with Gasteiger partial charge in [0, 0.05) is 6.54 Å². The molecule has 0 spiro atoms. The van der Waals surface area contributed by atoms with Gasteiger partial charge in [0.2, 0.25) is 5.88 Å². The highest BCUT2D eigenvalue weighted by Gasteiger charge is 2.22. The molecule has 142 valence electrons. The Bertz CT molecular complexity index is 1390. The maximum Gasteiger partial charge on any atom is 0.348 e. The second-order valence-corrected chi connectivity index (χ2v) is 6.75. The Morgan fingerprint density at radius 1 is 0.862 bits per heavy atom. The molecule has 5 rings (SSSR count). The van der Waals surface area contributed by atoms with Crippen molar-refractivity contribution in [3.05, 3.63) is 101 Å². The molecule has 0 amide bonds. The van der Waals surface area contributed by atoms with E-state index in [-0.39, 0.29) is 0 Å². The van der Waals surface area contributed by atoms with Gasteiger partial charge in [-0.2, -0.15) is 0 Å². The molecular formula is C24H16FNO3. The highest BCUT2D eigenvalue weighted by molar-refractivity contribution is 6.09. The Kier molecular flexibility index (Phi) is 4.13. The number of hydrogen-bond acceptors (Lipinski definition) is 4. The van der Waals surface area contributed by atoms with Crippen molar-refractivity contribution in [2.45, 2.75) is 6.54 Å². The molecule has 3 aromatic carbocycles. The zero-order chi connectivity index (χ0) is 19.8. The quantitative estimate of drug-likeness (QED) is 0.388. The Labute approximate surface area is 165 Å². The third-order valence-electron chi connectivity index (χ3n) is 4.86. The number of rotatable bonds is 4. The van der Waals surface area contributed by atoms with Crippen molar-refractivity contribution in [2.24, 2.45) is 0 Å². The summed E-state index contributed by atoms with van der Waals surface area (Å²) in [4.78, 5) is 12.8. The minimum absolute atomic E-state index is 0.296. The van der Waals surface area contributed by atoms with Crippen LogP contribution in [0.1, 0.15) is 5.56 Å². The van der Waals surface area contributed by atoms with E-state index in [0.29, 0.717) is 45.5 Å². The van der Waals surface area contributed by atoms with E-state index in [1.165, 1.54) is 12.1 Å². The van der Waals surface area contributed by atoms with Crippen molar-refractivity contribution >= 4 is 27.8 Å². The molecule has 1 N–H and O–H groups in total. The molecule has 0 aliphatic rings. The van der Waals surface area contributed by atoms with Crippen molar-refractivity contribution in [1.29, 1.82) is 0 Å². The Morgan fingerprint density at radius 3 is 2.48 bits per heavy atom. The summed E-state index contributed by atoms with van der Waals surface area (Å²) in [5, 5.41) is 4.24. The van der Waals surface area contributed by atoms with E-state index >= 15 is 0 Å². The first kappa shape index (κ1) is 17.3. The fraction of sp³-hybridized carbons (Fsp3) is 0.0417. The molecular weight excluding hydrogens is 369 g/mol. The molecule has 5 aromatic rings. The molecule has 5 heteroatoms. The number of hydrogen-bond donors (Lipinski definition) is 1. The average Bonchev–Trinajstić information content (AvgIpc) is 3.14. The van der Waals surface area contributed by atoms with Crippen LogP contribution in [0.5, 0.6) is 0 Å². The first-order chi connectivity index (χ1) is 14.2. The summed E-state index contributed by atoms with van der Waals surface area (Å²) >= 11 is 0. The lowest BCUT2D eigenvalue weighted by molar-refractivity contribution is 0.565. The lowest BCUT2D eigenvalue weighted by Crippen LogP contribution is -2.02. The standard InChI is InChI=1S/C24H16FNO3/c25-17-10-6-9-16(13-17)20-21-22(18-11-4-5-12-19(18)28-24(21)27)29-23(20)26-14-15-7-2-1-3-8-15/h1-13,26H,14H2.